The number of ether oxygens (including phenoxy) is 1. The van der Waals surface area contributed by atoms with Gasteiger partial charge in [-0.25, -0.2) is 4.98 Å². The standard InChI is InChI=1S/C9H15N3OS2/c1-2-8-11-9(15-12-8)14-6-7-5-10-3-4-13-7/h7,10H,2-6H2,1H3. The molecule has 0 spiro atoms. The highest BCUT2D eigenvalue weighted by Crippen LogP contribution is 2.21. The van der Waals surface area contributed by atoms with E-state index in [-0.39, 0.29) is 0 Å². The van der Waals surface area contributed by atoms with Crippen molar-refractivity contribution in [3.05, 3.63) is 5.82 Å². The lowest BCUT2D eigenvalue weighted by Gasteiger charge is -2.22. The van der Waals surface area contributed by atoms with Gasteiger partial charge in [0.15, 0.2) is 4.34 Å². The Morgan fingerprint density at radius 2 is 2.60 bits per heavy atom. The highest BCUT2D eigenvalue weighted by Gasteiger charge is 2.14. The topological polar surface area (TPSA) is 47.0 Å². The number of nitrogens with one attached hydrogen (secondary N) is 1. The van der Waals surface area contributed by atoms with Gasteiger partial charge in [0.25, 0.3) is 0 Å². The third-order valence-electron chi connectivity index (χ3n) is 2.16. The van der Waals surface area contributed by atoms with Gasteiger partial charge in [-0.1, -0.05) is 18.7 Å². The predicted octanol–water partition coefficient (Wildman–Crippen LogP) is 1.18. The van der Waals surface area contributed by atoms with Gasteiger partial charge in [-0.15, -0.1) is 0 Å². The van der Waals surface area contributed by atoms with Crippen molar-refractivity contribution in [2.45, 2.75) is 23.8 Å². The molecule has 1 unspecified atom stereocenters. The van der Waals surface area contributed by atoms with E-state index in [4.69, 9.17) is 4.74 Å². The molecule has 1 saturated heterocycles. The van der Waals surface area contributed by atoms with Crippen LogP contribution in [-0.4, -0.2) is 40.9 Å². The number of thioether (sulfide) groups is 1. The molecule has 15 heavy (non-hydrogen) atoms. The number of aryl methyl sites for hydroxylation is 1. The minimum absolute atomic E-state index is 0.317. The van der Waals surface area contributed by atoms with Crippen molar-refractivity contribution in [1.82, 2.24) is 14.7 Å². The molecule has 0 saturated carbocycles. The SMILES string of the molecule is CCc1nsc(SCC2CNCCO2)n1. The second-order valence-corrected chi connectivity index (χ2v) is 5.36. The van der Waals surface area contributed by atoms with E-state index in [1.54, 1.807) is 11.8 Å². The van der Waals surface area contributed by atoms with Gasteiger partial charge in [-0.05, 0) is 11.5 Å². The van der Waals surface area contributed by atoms with Crippen LogP contribution < -0.4 is 5.32 Å². The van der Waals surface area contributed by atoms with Crippen molar-refractivity contribution < 1.29 is 4.74 Å². The van der Waals surface area contributed by atoms with Crippen LogP contribution >= 0.6 is 23.3 Å². The minimum Gasteiger partial charge on any atom is -0.375 e. The molecular weight excluding hydrogens is 230 g/mol. The van der Waals surface area contributed by atoms with Crippen molar-refractivity contribution >= 4 is 23.3 Å². The van der Waals surface area contributed by atoms with E-state index < -0.39 is 0 Å². The highest BCUT2D eigenvalue weighted by atomic mass is 32.2. The van der Waals surface area contributed by atoms with Crippen LogP contribution in [0.5, 0.6) is 0 Å². The van der Waals surface area contributed by atoms with Crippen molar-refractivity contribution in [1.29, 1.82) is 0 Å². The van der Waals surface area contributed by atoms with Crippen LogP contribution in [0.4, 0.5) is 0 Å². The minimum atomic E-state index is 0.317. The van der Waals surface area contributed by atoms with Gasteiger partial charge in [0.1, 0.15) is 5.82 Å². The van der Waals surface area contributed by atoms with Gasteiger partial charge >= 0.3 is 0 Å². The van der Waals surface area contributed by atoms with E-state index in [0.29, 0.717) is 6.10 Å². The molecule has 6 heteroatoms. The Labute approximate surface area is 98.0 Å². The summed E-state index contributed by atoms with van der Waals surface area (Å²) in [7, 11) is 0. The summed E-state index contributed by atoms with van der Waals surface area (Å²) in [5, 5.41) is 3.32. The van der Waals surface area contributed by atoms with Gasteiger partial charge in [-0.2, -0.15) is 4.37 Å². The Hall–Kier alpha value is -0.170. The first kappa shape index (κ1) is 11.3. The number of morpholine rings is 1. The van der Waals surface area contributed by atoms with Gasteiger partial charge in [-0.3, -0.25) is 0 Å². The quantitative estimate of drug-likeness (QED) is 0.807. The summed E-state index contributed by atoms with van der Waals surface area (Å²) in [6, 6.07) is 0. The lowest BCUT2D eigenvalue weighted by atomic mass is 10.3. The Morgan fingerprint density at radius 3 is 3.27 bits per heavy atom. The lowest BCUT2D eigenvalue weighted by molar-refractivity contribution is 0.0441. The summed E-state index contributed by atoms with van der Waals surface area (Å²) in [5.41, 5.74) is 0. The molecular formula is C9H15N3OS2. The zero-order chi connectivity index (χ0) is 10.5. The van der Waals surface area contributed by atoms with Crippen molar-refractivity contribution in [2.24, 2.45) is 0 Å². The first-order valence-electron chi connectivity index (χ1n) is 5.16. The molecule has 0 aromatic carbocycles. The second kappa shape index (κ2) is 5.79. The highest BCUT2D eigenvalue weighted by molar-refractivity contribution is 8.00. The number of nitrogens with zero attached hydrogens (tertiary/aromatic N) is 2. The fraction of sp³-hybridized carbons (Fsp3) is 0.778. The van der Waals surface area contributed by atoms with Gasteiger partial charge < -0.3 is 10.1 Å². The zero-order valence-electron chi connectivity index (χ0n) is 8.73. The van der Waals surface area contributed by atoms with Crippen LogP contribution in [-0.2, 0) is 11.2 Å². The van der Waals surface area contributed by atoms with Crippen LogP contribution in [0.3, 0.4) is 0 Å². The fourth-order valence-electron chi connectivity index (χ4n) is 1.33. The van der Waals surface area contributed by atoms with Crippen molar-refractivity contribution in [3.8, 4) is 0 Å². The smallest absolute Gasteiger partial charge is 0.170 e. The zero-order valence-corrected chi connectivity index (χ0v) is 10.4. The lowest BCUT2D eigenvalue weighted by Crippen LogP contribution is -2.39. The summed E-state index contributed by atoms with van der Waals surface area (Å²) in [4.78, 5) is 4.41. The molecule has 4 nitrogen and oxygen atoms in total. The molecule has 0 amide bonds. The van der Waals surface area contributed by atoms with Crippen LogP contribution in [0, 0.1) is 0 Å². The van der Waals surface area contributed by atoms with Crippen LogP contribution in [0.1, 0.15) is 12.7 Å². The molecule has 0 bridgehead atoms. The molecule has 1 aromatic heterocycles. The van der Waals surface area contributed by atoms with E-state index in [1.165, 1.54) is 11.5 Å². The summed E-state index contributed by atoms with van der Waals surface area (Å²) in [6.07, 6.45) is 1.23. The molecule has 1 aromatic rings. The van der Waals surface area contributed by atoms with Gasteiger partial charge in [0.2, 0.25) is 0 Å². The Morgan fingerprint density at radius 1 is 1.67 bits per heavy atom. The maximum absolute atomic E-state index is 5.61. The van der Waals surface area contributed by atoms with E-state index in [0.717, 1.165) is 42.0 Å². The van der Waals surface area contributed by atoms with E-state index in [1.807, 2.05) is 0 Å². The number of rotatable bonds is 4. The third-order valence-corrected chi connectivity index (χ3v) is 4.17. The molecule has 84 valence electrons. The van der Waals surface area contributed by atoms with Crippen LogP contribution in [0.25, 0.3) is 0 Å². The molecule has 1 aliphatic rings. The van der Waals surface area contributed by atoms with E-state index in [2.05, 4.69) is 21.6 Å². The molecule has 2 heterocycles. The van der Waals surface area contributed by atoms with Crippen LogP contribution in [0.2, 0.25) is 0 Å². The average Bonchev–Trinajstić information content (AvgIpc) is 2.76. The molecule has 2 rings (SSSR count). The second-order valence-electron chi connectivity index (χ2n) is 3.34. The Kier molecular flexibility index (Phi) is 4.37. The molecule has 0 radical (unpaired) electrons. The molecule has 1 N–H and O–H groups in total. The van der Waals surface area contributed by atoms with E-state index >= 15 is 0 Å². The molecule has 1 fully saturated rings. The van der Waals surface area contributed by atoms with E-state index in [9.17, 15) is 0 Å². The first-order chi connectivity index (χ1) is 7.38. The summed E-state index contributed by atoms with van der Waals surface area (Å²) < 4.78 is 10.9. The number of aromatic nitrogens is 2. The predicted molar refractivity (Wildman–Crippen MR) is 62.6 cm³/mol. The largest absolute Gasteiger partial charge is 0.375 e. The summed E-state index contributed by atoms with van der Waals surface area (Å²) >= 11 is 3.23. The van der Waals surface area contributed by atoms with Gasteiger partial charge in [0.05, 0.1) is 12.7 Å². The average molecular weight is 245 g/mol. The fourth-order valence-corrected chi connectivity index (χ4v) is 3.07. The Balaban J connectivity index is 1.76. The Bertz CT molecular complexity index is 299. The van der Waals surface area contributed by atoms with Crippen molar-refractivity contribution in [3.63, 3.8) is 0 Å². The van der Waals surface area contributed by atoms with Crippen molar-refractivity contribution in [2.75, 3.05) is 25.4 Å². The van der Waals surface area contributed by atoms with Gasteiger partial charge in [0, 0.05) is 25.3 Å². The number of hydrogen-bond acceptors (Lipinski definition) is 6. The summed E-state index contributed by atoms with van der Waals surface area (Å²) in [5.74, 6) is 1.91. The van der Waals surface area contributed by atoms with Crippen LogP contribution in [0.15, 0.2) is 4.34 Å². The molecule has 0 aliphatic carbocycles. The first-order valence-corrected chi connectivity index (χ1v) is 6.92. The summed E-state index contributed by atoms with van der Waals surface area (Å²) in [6.45, 7) is 4.82. The maximum Gasteiger partial charge on any atom is 0.170 e. The number of hydrogen-bond donors (Lipinski definition) is 1. The normalized spacial score (nSPS) is 21.8. The monoisotopic (exact) mass is 245 g/mol. The molecule has 1 aliphatic heterocycles. The molecule has 1 atom stereocenters. The maximum atomic E-state index is 5.61. The third kappa shape index (κ3) is 3.41.